The fourth-order valence-corrected chi connectivity index (χ4v) is 5.42. The zero-order valence-corrected chi connectivity index (χ0v) is 16.3. The summed E-state index contributed by atoms with van der Waals surface area (Å²) in [4.78, 5) is 21.7. The number of aromatic nitrogens is 4. The molecule has 1 aliphatic heterocycles. The molecule has 1 atom stereocenters. The highest BCUT2D eigenvalue weighted by molar-refractivity contribution is 7.22. The van der Waals surface area contributed by atoms with Gasteiger partial charge in [0.2, 0.25) is 0 Å². The van der Waals surface area contributed by atoms with Gasteiger partial charge in [0.05, 0.1) is 16.6 Å². The van der Waals surface area contributed by atoms with Gasteiger partial charge in [-0.3, -0.25) is 9.20 Å². The first-order valence-corrected chi connectivity index (χ1v) is 10.5. The maximum atomic E-state index is 13.3. The molecule has 1 amide bonds. The number of carbonyl (C=O) groups excluding carboxylic acids is 1. The van der Waals surface area contributed by atoms with Gasteiger partial charge in [-0.1, -0.05) is 12.1 Å². The summed E-state index contributed by atoms with van der Waals surface area (Å²) in [5.41, 5.74) is 1.60. The lowest BCUT2D eigenvalue weighted by atomic mass is 10.2. The molecule has 5 heterocycles. The Labute approximate surface area is 164 Å². The molecule has 1 aliphatic rings. The van der Waals surface area contributed by atoms with Gasteiger partial charge in [0, 0.05) is 12.7 Å². The molecule has 0 aliphatic carbocycles. The van der Waals surface area contributed by atoms with Crippen LogP contribution in [0.2, 0.25) is 0 Å². The lowest BCUT2D eigenvalue weighted by Gasteiger charge is -2.23. The second-order valence-corrected chi connectivity index (χ2v) is 8.50. The number of nitrogens with zero attached hydrogens (tertiary/aromatic N) is 5. The molecular formula is C19H17N5OS2. The summed E-state index contributed by atoms with van der Waals surface area (Å²) in [5.74, 6) is 0.875. The standard InChI is InChI=1S/C19H17N5OS2/c1-12-16(27-18(20-12)14-7-5-11-26-14)19(25)23-10-4-6-13(23)17-22-21-15-8-2-3-9-24(15)17/h2-3,5,7-9,11,13H,4,6,10H2,1H3. The normalized spacial score (nSPS) is 17.1. The summed E-state index contributed by atoms with van der Waals surface area (Å²) < 4.78 is 1.98. The highest BCUT2D eigenvalue weighted by Crippen LogP contribution is 2.36. The Morgan fingerprint density at radius 1 is 1.22 bits per heavy atom. The van der Waals surface area contributed by atoms with E-state index in [0.29, 0.717) is 0 Å². The Hall–Kier alpha value is -2.58. The molecule has 6 nitrogen and oxygen atoms in total. The molecule has 1 saturated heterocycles. The first-order chi connectivity index (χ1) is 13.2. The maximum Gasteiger partial charge on any atom is 0.266 e. The van der Waals surface area contributed by atoms with Crippen molar-refractivity contribution >= 4 is 34.2 Å². The SMILES string of the molecule is Cc1nc(-c2cccs2)sc1C(=O)N1CCCC1c1nnc2ccccn12. The predicted octanol–water partition coefficient (Wildman–Crippen LogP) is 4.20. The number of carbonyl (C=O) groups is 1. The molecule has 0 N–H and O–H groups in total. The number of aryl methyl sites for hydroxylation is 1. The highest BCUT2D eigenvalue weighted by atomic mass is 32.1. The summed E-state index contributed by atoms with van der Waals surface area (Å²) in [6.45, 7) is 2.65. The van der Waals surface area contributed by atoms with E-state index in [1.54, 1.807) is 11.3 Å². The van der Waals surface area contributed by atoms with Crippen molar-refractivity contribution in [3.05, 3.63) is 58.3 Å². The Kier molecular flexibility index (Phi) is 4.02. The fraction of sp³-hybridized carbons (Fsp3) is 0.263. The monoisotopic (exact) mass is 395 g/mol. The molecule has 0 bridgehead atoms. The van der Waals surface area contributed by atoms with Gasteiger partial charge in [-0.25, -0.2) is 4.98 Å². The van der Waals surface area contributed by atoms with Crippen molar-refractivity contribution in [1.29, 1.82) is 0 Å². The van der Waals surface area contributed by atoms with E-state index in [2.05, 4.69) is 15.2 Å². The molecule has 5 rings (SSSR count). The van der Waals surface area contributed by atoms with Gasteiger partial charge >= 0.3 is 0 Å². The summed E-state index contributed by atoms with van der Waals surface area (Å²) in [7, 11) is 0. The summed E-state index contributed by atoms with van der Waals surface area (Å²) >= 11 is 3.12. The van der Waals surface area contributed by atoms with E-state index in [4.69, 9.17) is 0 Å². The summed E-state index contributed by atoms with van der Waals surface area (Å²) in [6.07, 6.45) is 3.82. The average molecular weight is 396 g/mol. The van der Waals surface area contributed by atoms with Gasteiger partial charge < -0.3 is 4.90 Å². The van der Waals surface area contributed by atoms with Crippen LogP contribution in [0.15, 0.2) is 41.9 Å². The molecule has 0 saturated carbocycles. The number of amides is 1. The molecular weight excluding hydrogens is 378 g/mol. The molecule has 4 aromatic rings. The smallest absolute Gasteiger partial charge is 0.266 e. The minimum absolute atomic E-state index is 0.0444. The lowest BCUT2D eigenvalue weighted by molar-refractivity contribution is 0.0733. The number of thiophene rings is 1. The molecule has 27 heavy (non-hydrogen) atoms. The molecule has 1 fully saturated rings. The van der Waals surface area contributed by atoms with E-state index in [-0.39, 0.29) is 11.9 Å². The Morgan fingerprint density at radius 2 is 2.15 bits per heavy atom. The van der Waals surface area contributed by atoms with Crippen LogP contribution in [0.5, 0.6) is 0 Å². The zero-order valence-electron chi connectivity index (χ0n) is 14.7. The van der Waals surface area contributed by atoms with Gasteiger partial charge in [-0.2, -0.15) is 0 Å². The minimum Gasteiger partial charge on any atom is -0.328 e. The Morgan fingerprint density at radius 3 is 3.00 bits per heavy atom. The van der Waals surface area contributed by atoms with E-state index in [0.717, 1.165) is 51.3 Å². The number of thiazole rings is 1. The number of fused-ring (bicyclic) bond motifs is 1. The van der Waals surface area contributed by atoms with Crippen molar-refractivity contribution in [2.45, 2.75) is 25.8 Å². The molecule has 0 radical (unpaired) electrons. The first-order valence-electron chi connectivity index (χ1n) is 8.84. The van der Waals surface area contributed by atoms with E-state index in [1.807, 2.05) is 58.1 Å². The van der Waals surface area contributed by atoms with Crippen molar-refractivity contribution in [3.63, 3.8) is 0 Å². The van der Waals surface area contributed by atoms with Crippen LogP contribution in [-0.4, -0.2) is 36.9 Å². The molecule has 1 unspecified atom stereocenters. The lowest BCUT2D eigenvalue weighted by Crippen LogP contribution is -2.31. The topological polar surface area (TPSA) is 63.4 Å². The van der Waals surface area contributed by atoms with E-state index < -0.39 is 0 Å². The highest BCUT2D eigenvalue weighted by Gasteiger charge is 2.35. The van der Waals surface area contributed by atoms with Crippen molar-refractivity contribution in [2.24, 2.45) is 0 Å². The van der Waals surface area contributed by atoms with Crippen LogP contribution in [0.4, 0.5) is 0 Å². The predicted molar refractivity (Wildman–Crippen MR) is 106 cm³/mol. The van der Waals surface area contributed by atoms with Gasteiger partial charge in [-0.15, -0.1) is 32.9 Å². The first kappa shape index (κ1) is 16.6. The number of rotatable bonds is 3. The van der Waals surface area contributed by atoms with Crippen LogP contribution >= 0.6 is 22.7 Å². The zero-order chi connectivity index (χ0) is 18.4. The quantitative estimate of drug-likeness (QED) is 0.521. The van der Waals surface area contributed by atoms with Crippen molar-refractivity contribution in [3.8, 4) is 9.88 Å². The van der Waals surface area contributed by atoms with Crippen LogP contribution in [0.1, 0.15) is 40.1 Å². The van der Waals surface area contributed by atoms with Crippen molar-refractivity contribution in [1.82, 2.24) is 24.5 Å². The van der Waals surface area contributed by atoms with Crippen LogP contribution in [-0.2, 0) is 0 Å². The summed E-state index contributed by atoms with van der Waals surface area (Å²) in [5, 5.41) is 11.6. The molecule has 136 valence electrons. The third kappa shape index (κ3) is 2.76. The number of pyridine rings is 1. The molecule has 0 spiro atoms. The Balaban J connectivity index is 1.49. The minimum atomic E-state index is -0.0541. The van der Waals surface area contributed by atoms with Gasteiger partial charge in [0.1, 0.15) is 9.88 Å². The Bertz CT molecular complexity index is 1110. The molecule has 8 heteroatoms. The molecule has 4 aromatic heterocycles. The fourth-order valence-electron chi connectivity index (χ4n) is 3.60. The van der Waals surface area contributed by atoms with E-state index in [9.17, 15) is 4.79 Å². The average Bonchev–Trinajstić information content (AvgIpc) is 3.45. The third-order valence-electron chi connectivity index (χ3n) is 4.87. The second kappa shape index (κ2) is 6.54. The van der Waals surface area contributed by atoms with Gasteiger partial charge in [-0.05, 0) is 43.3 Å². The van der Waals surface area contributed by atoms with Gasteiger partial charge in [0.25, 0.3) is 5.91 Å². The van der Waals surface area contributed by atoms with Crippen molar-refractivity contribution < 1.29 is 4.79 Å². The van der Waals surface area contributed by atoms with Crippen LogP contribution in [0, 0.1) is 6.92 Å². The van der Waals surface area contributed by atoms with Crippen LogP contribution in [0.3, 0.4) is 0 Å². The van der Waals surface area contributed by atoms with Crippen molar-refractivity contribution in [2.75, 3.05) is 6.54 Å². The van der Waals surface area contributed by atoms with Crippen LogP contribution in [0.25, 0.3) is 15.5 Å². The van der Waals surface area contributed by atoms with E-state index >= 15 is 0 Å². The number of hydrogen-bond donors (Lipinski definition) is 0. The number of hydrogen-bond acceptors (Lipinski definition) is 6. The number of likely N-dealkylation sites (tertiary alicyclic amines) is 1. The van der Waals surface area contributed by atoms with Gasteiger partial charge in [0.15, 0.2) is 11.5 Å². The second-order valence-electron chi connectivity index (χ2n) is 6.55. The maximum absolute atomic E-state index is 13.3. The van der Waals surface area contributed by atoms with Crippen LogP contribution < -0.4 is 0 Å². The molecule has 0 aromatic carbocycles. The summed E-state index contributed by atoms with van der Waals surface area (Å²) in [6, 6.07) is 9.82. The van der Waals surface area contributed by atoms with E-state index in [1.165, 1.54) is 11.3 Å². The third-order valence-corrected chi connectivity index (χ3v) is 7.06. The largest absolute Gasteiger partial charge is 0.328 e.